The molecule has 0 aromatic carbocycles. The van der Waals surface area contributed by atoms with Crippen molar-refractivity contribution in [3.63, 3.8) is 0 Å². The Morgan fingerprint density at radius 2 is 2.25 bits per heavy atom. The summed E-state index contributed by atoms with van der Waals surface area (Å²) in [6.45, 7) is 2.90. The Morgan fingerprint density at radius 3 is 2.75 bits per heavy atom. The van der Waals surface area contributed by atoms with E-state index in [9.17, 15) is 9.59 Å². The highest BCUT2D eigenvalue weighted by Gasteiger charge is 2.00. The fourth-order valence-electron chi connectivity index (χ4n) is 0.463. The van der Waals surface area contributed by atoms with Crippen LogP contribution in [0.4, 0.5) is 0 Å². The number of carbonyl (C=O) groups is 2. The average Bonchev–Trinajstić information content (AvgIpc) is 2.00. The zero-order valence-electron chi connectivity index (χ0n) is 6.58. The van der Waals surface area contributed by atoms with Crippen LogP contribution in [0.15, 0.2) is 12.7 Å². The first-order valence-corrected chi connectivity index (χ1v) is 3.40. The summed E-state index contributed by atoms with van der Waals surface area (Å²) in [6.07, 6.45) is 2.39. The van der Waals surface area contributed by atoms with Gasteiger partial charge in [-0.15, -0.1) is 6.58 Å². The number of aliphatic carboxylic acids is 1. The zero-order valence-corrected chi connectivity index (χ0v) is 6.58. The van der Waals surface area contributed by atoms with Crippen LogP contribution in [0.3, 0.4) is 0 Å². The number of allylic oxidation sites excluding steroid dienone is 1. The van der Waals surface area contributed by atoms with Crippen molar-refractivity contribution in [1.29, 1.82) is 0 Å². The molecule has 0 spiro atoms. The molecule has 0 heterocycles. The number of hydrogen-bond donors (Lipinski definition) is 2. The van der Waals surface area contributed by atoms with Crippen LogP contribution < -0.4 is 5.48 Å². The smallest absolute Gasteiger partial charge is 0.332 e. The second-order valence-corrected chi connectivity index (χ2v) is 2.04. The molecule has 0 aliphatic carbocycles. The van der Waals surface area contributed by atoms with Gasteiger partial charge in [-0.25, -0.2) is 10.3 Å². The van der Waals surface area contributed by atoms with Gasteiger partial charge in [0.2, 0.25) is 5.91 Å². The average molecular weight is 173 g/mol. The van der Waals surface area contributed by atoms with Gasteiger partial charge in [-0.05, 0) is 6.42 Å². The van der Waals surface area contributed by atoms with Crippen molar-refractivity contribution in [2.75, 3.05) is 6.61 Å². The molecule has 5 nitrogen and oxygen atoms in total. The molecule has 5 heteroatoms. The van der Waals surface area contributed by atoms with E-state index in [2.05, 4.69) is 11.4 Å². The van der Waals surface area contributed by atoms with Crippen LogP contribution in [0.5, 0.6) is 0 Å². The maximum atomic E-state index is 10.7. The van der Waals surface area contributed by atoms with Gasteiger partial charge in [0.1, 0.15) is 0 Å². The standard InChI is InChI=1S/C7H11NO4/c1-2-3-4-6(9)8-12-5-7(10)11/h2H,1,3-5H2,(H,8,9)(H,10,11). The molecule has 0 rings (SSSR count). The van der Waals surface area contributed by atoms with E-state index < -0.39 is 12.6 Å². The minimum Gasteiger partial charge on any atom is -0.479 e. The first kappa shape index (κ1) is 10.6. The van der Waals surface area contributed by atoms with Gasteiger partial charge < -0.3 is 5.11 Å². The third kappa shape index (κ3) is 6.76. The first-order valence-electron chi connectivity index (χ1n) is 3.40. The number of rotatable bonds is 6. The fourth-order valence-corrected chi connectivity index (χ4v) is 0.463. The van der Waals surface area contributed by atoms with Crippen molar-refractivity contribution in [2.45, 2.75) is 12.8 Å². The van der Waals surface area contributed by atoms with E-state index in [-0.39, 0.29) is 12.3 Å². The minimum atomic E-state index is -1.13. The second kappa shape index (κ2) is 6.36. The molecule has 0 aliphatic heterocycles. The van der Waals surface area contributed by atoms with E-state index in [0.717, 1.165) is 0 Å². The molecule has 1 amide bonds. The number of carboxylic acids is 1. The van der Waals surface area contributed by atoms with E-state index in [1.165, 1.54) is 0 Å². The molecule has 0 fully saturated rings. The topological polar surface area (TPSA) is 75.6 Å². The van der Waals surface area contributed by atoms with Gasteiger partial charge in [0, 0.05) is 6.42 Å². The zero-order chi connectivity index (χ0) is 9.40. The molecule has 0 aromatic heterocycles. The number of carboxylic acid groups (broad SMARTS) is 1. The summed E-state index contributed by atoms with van der Waals surface area (Å²) in [6, 6.07) is 0. The predicted molar refractivity (Wildman–Crippen MR) is 41.2 cm³/mol. The van der Waals surface area contributed by atoms with Gasteiger partial charge in [-0.1, -0.05) is 6.08 Å². The molecule has 0 atom stereocenters. The SMILES string of the molecule is C=CCCC(=O)NOCC(=O)O. The van der Waals surface area contributed by atoms with Crippen LogP contribution in [-0.4, -0.2) is 23.6 Å². The van der Waals surface area contributed by atoms with E-state index in [4.69, 9.17) is 5.11 Å². The molecule has 0 unspecified atom stereocenters. The van der Waals surface area contributed by atoms with E-state index in [0.29, 0.717) is 6.42 Å². The molecule has 0 saturated heterocycles. The summed E-state index contributed by atoms with van der Waals surface area (Å²) in [5.41, 5.74) is 1.98. The Kier molecular flexibility index (Phi) is 5.64. The number of nitrogens with one attached hydrogen (secondary N) is 1. The molecule has 68 valence electrons. The van der Waals surface area contributed by atoms with Crippen LogP contribution in [0, 0.1) is 0 Å². The van der Waals surface area contributed by atoms with Gasteiger partial charge in [0.25, 0.3) is 0 Å². The normalized spacial score (nSPS) is 9.00. The van der Waals surface area contributed by atoms with Crippen LogP contribution in [-0.2, 0) is 14.4 Å². The Bertz CT molecular complexity index is 178. The highest BCUT2D eigenvalue weighted by molar-refractivity contribution is 5.75. The molecule has 0 aliphatic rings. The lowest BCUT2D eigenvalue weighted by Crippen LogP contribution is -2.26. The number of hydroxylamine groups is 1. The van der Waals surface area contributed by atoms with Crippen LogP contribution in [0.25, 0.3) is 0 Å². The van der Waals surface area contributed by atoms with Gasteiger partial charge in [0.05, 0.1) is 0 Å². The predicted octanol–water partition coefficient (Wildman–Crippen LogP) is 0.0850. The van der Waals surface area contributed by atoms with Crippen molar-refractivity contribution < 1.29 is 19.5 Å². The lowest BCUT2D eigenvalue weighted by Gasteiger charge is -2.01. The van der Waals surface area contributed by atoms with Crippen molar-refractivity contribution in [1.82, 2.24) is 5.48 Å². The monoisotopic (exact) mass is 173 g/mol. The largest absolute Gasteiger partial charge is 0.479 e. The third-order valence-electron chi connectivity index (χ3n) is 0.957. The maximum absolute atomic E-state index is 10.7. The van der Waals surface area contributed by atoms with Crippen molar-refractivity contribution >= 4 is 11.9 Å². The first-order chi connectivity index (χ1) is 5.66. The Balaban J connectivity index is 3.31. The Labute approximate surface area is 70.0 Å². The molecule has 12 heavy (non-hydrogen) atoms. The van der Waals surface area contributed by atoms with Crippen LogP contribution in [0.2, 0.25) is 0 Å². The molecule has 0 radical (unpaired) electrons. The van der Waals surface area contributed by atoms with Crippen molar-refractivity contribution in [3.05, 3.63) is 12.7 Å². The van der Waals surface area contributed by atoms with Crippen LogP contribution in [0.1, 0.15) is 12.8 Å². The molecular formula is C7H11NO4. The van der Waals surface area contributed by atoms with E-state index >= 15 is 0 Å². The Hall–Kier alpha value is -1.36. The summed E-state index contributed by atoms with van der Waals surface area (Å²) < 4.78 is 0. The van der Waals surface area contributed by atoms with Gasteiger partial charge in [0.15, 0.2) is 6.61 Å². The quantitative estimate of drug-likeness (QED) is 0.440. The number of amides is 1. The highest BCUT2D eigenvalue weighted by Crippen LogP contribution is 1.88. The summed E-state index contributed by atoms with van der Waals surface area (Å²) >= 11 is 0. The maximum Gasteiger partial charge on any atom is 0.332 e. The van der Waals surface area contributed by atoms with Crippen LogP contribution >= 0.6 is 0 Å². The molecule has 2 N–H and O–H groups in total. The molecule has 0 aromatic rings. The van der Waals surface area contributed by atoms with E-state index in [1.807, 2.05) is 5.48 Å². The number of hydrogen-bond acceptors (Lipinski definition) is 3. The summed E-state index contributed by atoms with van der Waals surface area (Å²) in [7, 11) is 0. The van der Waals surface area contributed by atoms with E-state index in [1.54, 1.807) is 6.08 Å². The molecule has 0 saturated carbocycles. The highest BCUT2D eigenvalue weighted by atomic mass is 16.7. The lowest BCUT2D eigenvalue weighted by molar-refractivity contribution is -0.149. The lowest BCUT2D eigenvalue weighted by atomic mass is 10.3. The summed E-state index contributed by atoms with van der Waals surface area (Å²) in [4.78, 5) is 24.9. The molecule has 0 bridgehead atoms. The van der Waals surface area contributed by atoms with Gasteiger partial charge in [-0.3, -0.25) is 9.63 Å². The van der Waals surface area contributed by atoms with Gasteiger partial charge >= 0.3 is 5.97 Å². The summed E-state index contributed by atoms with van der Waals surface area (Å²) in [5.74, 6) is -1.48. The van der Waals surface area contributed by atoms with Gasteiger partial charge in [-0.2, -0.15) is 0 Å². The van der Waals surface area contributed by atoms with Crippen molar-refractivity contribution in [2.24, 2.45) is 0 Å². The molecular weight excluding hydrogens is 162 g/mol. The Morgan fingerprint density at radius 1 is 1.58 bits per heavy atom. The summed E-state index contributed by atoms with van der Waals surface area (Å²) in [5, 5.41) is 8.11. The second-order valence-electron chi connectivity index (χ2n) is 2.04. The van der Waals surface area contributed by atoms with Crippen molar-refractivity contribution in [3.8, 4) is 0 Å². The number of carbonyl (C=O) groups excluding carboxylic acids is 1. The fraction of sp³-hybridized carbons (Fsp3) is 0.429. The minimum absolute atomic E-state index is 0.253. The third-order valence-corrected chi connectivity index (χ3v) is 0.957.